The monoisotopic (exact) mass is 399 g/mol. The highest BCUT2D eigenvalue weighted by Crippen LogP contribution is 2.23. The summed E-state index contributed by atoms with van der Waals surface area (Å²) < 4.78 is 10.6. The number of amides is 4. The molecule has 0 aliphatic carbocycles. The van der Waals surface area contributed by atoms with Crippen molar-refractivity contribution < 1.29 is 28.3 Å². The van der Waals surface area contributed by atoms with Crippen molar-refractivity contribution in [1.82, 2.24) is 4.90 Å². The van der Waals surface area contributed by atoms with E-state index in [4.69, 9.17) is 14.9 Å². The molecule has 0 atom stereocenters. The van der Waals surface area contributed by atoms with Crippen LogP contribution in [0.4, 0.5) is 10.5 Å². The Hall–Kier alpha value is -3.62. The standard InChI is InChI=1S/C20H21N3O6/c1-13-2-4-14(5-3-13)23-18(25)11-22(20(23)27)10-15-6-7-16(29-15)12-28-19(26)9-8-17(21)24/h2-7H,8-12H2,1H3,(H2,21,24). The number of ether oxygens (including phenoxy) is 1. The van der Waals surface area contributed by atoms with Crippen molar-refractivity contribution in [2.45, 2.75) is 32.9 Å². The van der Waals surface area contributed by atoms with Crippen molar-refractivity contribution in [2.24, 2.45) is 5.73 Å². The van der Waals surface area contributed by atoms with Gasteiger partial charge in [-0.1, -0.05) is 17.7 Å². The number of urea groups is 1. The van der Waals surface area contributed by atoms with Crippen LogP contribution in [0, 0.1) is 6.92 Å². The second-order valence-corrected chi connectivity index (χ2v) is 6.70. The molecular weight excluding hydrogens is 378 g/mol. The van der Waals surface area contributed by atoms with Gasteiger partial charge >= 0.3 is 12.0 Å². The third-order valence-corrected chi connectivity index (χ3v) is 4.34. The minimum atomic E-state index is -0.577. The van der Waals surface area contributed by atoms with Gasteiger partial charge in [-0.2, -0.15) is 0 Å². The Morgan fingerprint density at radius 2 is 1.76 bits per heavy atom. The topological polar surface area (TPSA) is 123 Å². The van der Waals surface area contributed by atoms with Gasteiger partial charge in [-0.05, 0) is 31.2 Å². The zero-order valence-electron chi connectivity index (χ0n) is 15.9. The predicted octanol–water partition coefficient (Wildman–Crippen LogP) is 1.87. The fourth-order valence-corrected chi connectivity index (χ4v) is 2.84. The smallest absolute Gasteiger partial charge is 0.332 e. The summed E-state index contributed by atoms with van der Waals surface area (Å²) in [6.45, 7) is 1.89. The zero-order valence-corrected chi connectivity index (χ0v) is 15.9. The molecule has 1 aliphatic rings. The molecule has 2 N–H and O–H groups in total. The van der Waals surface area contributed by atoms with Gasteiger partial charge in [-0.25, -0.2) is 9.69 Å². The Balaban J connectivity index is 1.56. The first-order chi connectivity index (χ1) is 13.8. The van der Waals surface area contributed by atoms with Gasteiger partial charge in [0.05, 0.1) is 18.7 Å². The molecule has 1 saturated heterocycles. The zero-order chi connectivity index (χ0) is 21.0. The molecule has 4 amide bonds. The number of carbonyl (C=O) groups excluding carboxylic acids is 4. The minimum absolute atomic E-state index is 0.0507. The second-order valence-electron chi connectivity index (χ2n) is 6.70. The van der Waals surface area contributed by atoms with E-state index in [9.17, 15) is 19.2 Å². The lowest BCUT2D eigenvalue weighted by Crippen LogP contribution is -2.32. The summed E-state index contributed by atoms with van der Waals surface area (Å²) in [6, 6.07) is 9.98. The number of anilines is 1. The average molecular weight is 399 g/mol. The van der Waals surface area contributed by atoms with E-state index in [1.807, 2.05) is 19.1 Å². The SMILES string of the molecule is Cc1ccc(N2C(=O)CN(Cc3ccc(COC(=O)CCC(N)=O)o3)C2=O)cc1. The Labute approximate surface area is 167 Å². The van der Waals surface area contributed by atoms with Crippen LogP contribution in [0.5, 0.6) is 0 Å². The van der Waals surface area contributed by atoms with Crippen LogP contribution < -0.4 is 10.6 Å². The maximum atomic E-state index is 12.6. The summed E-state index contributed by atoms with van der Waals surface area (Å²) in [5, 5.41) is 0. The summed E-state index contributed by atoms with van der Waals surface area (Å²) in [5.41, 5.74) is 6.53. The number of carbonyl (C=O) groups is 4. The third kappa shape index (κ3) is 5.01. The van der Waals surface area contributed by atoms with Crippen molar-refractivity contribution in [3.8, 4) is 0 Å². The molecule has 9 nitrogen and oxygen atoms in total. The Morgan fingerprint density at radius 1 is 1.07 bits per heavy atom. The van der Waals surface area contributed by atoms with Gasteiger partial charge in [0.1, 0.15) is 24.7 Å². The largest absolute Gasteiger partial charge is 0.461 e. The molecule has 2 heterocycles. The average Bonchev–Trinajstić information content (AvgIpc) is 3.23. The van der Waals surface area contributed by atoms with E-state index in [2.05, 4.69) is 0 Å². The van der Waals surface area contributed by atoms with Gasteiger partial charge in [0.2, 0.25) is 5.91 Å². The van der Waals surface area contributed by atoms with Crippen molar-refractivity contribution in [1.29, 1.82) is 0 Å². The number of rotatable bonds is 8. The fourth-order valence-electron chi connectivity index (χ4n) is 2.84. The summed E-state index contributed by atoms with van der Waals surface area (Å²) >= 11 is 0. The van der Waals surface area contributed by atoms with Crippen LogP contribution >= 0.6 is 0 Å². The van der Waals surface area contributed by atoms with Gasteiger partial charge in [0, 0.05) is 6.42 Å². The van der Waals surface area contributed by atoms with E-state index in [-0.39, 0.29) is 38.4 Å². The summed E-state index contributed by atoms with van der Waals surface area (Å²) in [7, 11) is 0. The number of nitrogens with two attached hydrogens (primary N) is 1. The summed E-state index contributed by atoms with van der Waals surface area (Å²) in [4.78, 5) is 49.6. The first-order valence-corrected chi connectivity index (χ1v) is 9.03. The van der Waals surface area contributed by atoms with Crippen LogP contribution in [0.3, 0.4) is 0 Å². The number of primary amides is 1. The molecular formula is C20H21N3O6. The van der Waals surface area contributed by atoms with E-state index in [1.54, 1.807) is 24.3 Å². The van der Waals surface area contributed by atoms with Crippen molar-refractivity contribution in [2.75, 3.05) is 11.4 Å². The van der Waals surface area contributed by atoms with E-state index >= 15 is 0 Å². The van der Waals surface area contributed by atoms with Gasteiger partial charge in [0.25, 0.3) is 5.91 Å². The number of nitrogens with zero attached hydrogens (tertiary/aromatic N) is 2. The normalized spacial score (nSPS) is 13.8. The molecule has 29 heavy (non-hydrogen) atoms. The molecule has 152 valence electrons. The third-order valence-electron chi connectivity index (χ3n) is 4.34. The van der Waals surface area contributed by atoms with E-state index in [1.165, 1.54) is 4.90 Å². The van der Waals surface area contributed by atoms with Crippen LogP contribution in [0.25, 0.3) is 0 Å². The summed E-state index contributed by atoms with van der Waals surface area (Å²) in [6.07, 6.45) is -0.174. The number of esters is 1. The highest BCUT2D eigenvalue weighted by Gasteiger charge is 2.37. The number of benzene rings is 1. The van der Waals surface area contributed by atoms with Gasteiger partial charge in [-0.3, -0.25) is 14.4 Å². The number of hydrogen-bond acceptors (Lipinski definition) is 6. The molecule has 1 aromatic carbocycles. The van der Waals surface area contributed by atoms with E-state index in [0.717, 1.165) is 10.5 Å². The van der Waals surface area contributed by atoms with Gasteiger partial charge < -0.3 is 19.8 Å². The molecule has 0 unspecified atom stereocenters. The molecule has 1 aliphatic heterocycles. The molecule has 2 aromatic rings. The highest BCUT2D eigenvalue weighted by atomic mass is 16.5. The van der Waals surface area contributed by atoms with Crippen molar-refractivity contribution in [3.63, 3.8) is 0 Å². The Bertz CT molecular complexity index is 934. The predicted molar refractivity (Wildman–Crippen MR) is 101 cm³/mol. The number of furan rings is 1. The Kier molecular flexibility index (Phi) is 5.96. The molecule has 0 spiro atoms. The maximum Gasteiger partial charge on any atom is 0.332 e. The van der Waals surface area contributed by atoms with Crippen molar-refractivity contribution in [3.05, 3.63) is 53.5 Å². The van der Waals surface area contributed by atoms with Crippen LogP contribution in [0.1, 0.15) is 29.9 Å². The summed E-state index contributed by atoms with van der Waals surface area (Å²) in [5.74, 6) is -0.600. The minimum Gasteiger partial charge on any atom is -0.461 e. The van der Waals surface area contributed by atoms with Crippen LogP contribution in [-0.2, 0) is 32.3 Å². The second kappa shape index (κ2) is 8.59. The number of imide groups is 1. The van der Waals surface area contributed by atoms with Gasteiger partial charge in [0.15, 0.2) is 0 Å². The van der Waals surface area contributed by atoms with E-state index < -0.39 is 17.9 Å². The van der Waals surface area contributed by atoms with Crippen LogP contribution in [0.2, 0.25) is 0 Å². The van der Waals surface area contributed by atoms with E-state index in [0.29, 0.717) is 17.2 Å². The molecule has 9 heteroatoms. The number of aryl methyl sites for hydroxylation is 1. The van der Waals surface area contributed by atoms with Crippen LogP contribution in [-0.4, -0.2) is 35.3 Å². The lowest BCUT2D eigenvalue weighted by Gasteiger charge is -2.16. The lowest BCUT2D eigenvalue weighted by molar-refractivity contribution is -0.146. The number of hydrogen-bond donors (Lipinski definition) is 1. The molecule has 0 radical (unpaired) electrons. The lowest BCUT2D eigenvalue weighted by atomic mass is 10.2. The Morgan fingerprint density at radius 3 is 2.45 bits per heavy atom. The molecule has 0 saturated carbocycles. The first-order valence-electron chi connectivity index (χ1n) is 9.03. The fraction of sp³-hybridized carbons (Fsp3) is 0.300. The van der Waals surface area contributed by atoms with Crippen molar-refractivity contribution >= 4 is 29.5 Å². The van der Waals surface area contributed by atoms with Gasteiger partial charge in [-0.15, -0.1) is 0 Å². The highest BCUT2D eigenvalue weighted by molar-refractivity contribution is 6.19. The quantitative estimate of drug-likeness (QED) is 0.534. The molecule has 1 fully saturated rings. The van der Waals surface area contributed by atoms with Crippen LogP contribution in [0.15, 0.2) is 40.8 Å². The first kappa shape index (κ1) is 20.1. The molecule has 0 bridgehead atoms. The molecule has 1 aromatic heterocycles. The molecule has 3 rings (SSSR count). The maximum absolute atomic E-state index is 12.6.